The normalized spacial score (nSPS) is 16.9. The van der Waals surface area contributed by atoms with Crippen LogP contribution >= 0.6 is 24.0 Å². The first kappa shape index (κ1) is 15.3. The van der Waals surface area contributed by atoms with Crippen molar-refractivity contribution in [2.75, 3.05) is 13.1 Å². The van der Waals surface area contributed by atoms with E-state index in [4.69, 9.17) is 4.42 Å². The average Bonchev–Trinajstić information content (AvgIpc) is 2.97. The fourth-order valence-electron chi connectivity index (χ4n) is 1.49. The molecule has 6 heteroatoms. The quantitative estimate of drug-likeness (QED) is 0.422. The Morgan fingerprint density at radius 1 is 1.61 bits per heavy atom. The van der Waals surface area contributed by atoms with Crippen LogP contribution in [0.1, 0.15) is 31.6 Å². The fourth-order valence-corrected chi connectivity index (χ4v) is 1.49. The van der Waals surface area contributed by atoms with Crippen molar-refractivity contribution in [1.82, 2.24) is 10.6 Å². The molecule has 1 unspecified atom stereocenters. The number of nitrogens with one attached hydrogen (secondary N) is 2. The molecule has 1 saturated carbocycles. The van der Waals surface area contributed by atoms with E-state index in [0.717, 1.165) is 12.5 Å². The Hall–Kier alpha value is -0.760. The molecule has 0 saturated heterocycles. The molecule has 18 heavy (non-hydrogen) atoms. The smallest absolute Gasteiger partial charge is 0.191 e. The van der Waals surface area contributed by atoms with E-state index in [0.29, 0.717) is 18.3 Å². The molecule has 1 fully saturated rings. The molecule has 5 nitrogen and oxygen atoms in total. The summed E-state index contributed by atoms with van der Waals surface area (Å²) < 4.78 is 5.12. The molecule has 0 amide bonds. The van der Waals surface area contributed by atoms with Crippen molar-refractivity contribution >= 4 is 29.9 Å². The van der Waals surface area contributed by atoms with E-state index in [1.165, 1.54) is 12.8 Å². The number of aliphatic imine (C=N–C) groups is 1. The number of furan rings is 1. The van der Waals surface area contributed by atoms with E-state index in [1.807, 2.05) is 6.92 Å². The highest BCUT2D eigenvalue weighted by Crippen LogP contribution is 2.18. The van der Waals surface area contributed by atoms with Crippen molar-refractivity contribution in [2.45, 2.75) is 31.9 Å². The van der Waals surface area contributed by atoms with Gasteiger partial charge in [0.15, 0.2) is 5.96 Å². The number of rotatable bonds is 5. The number of aliphatic hydroxyl groups excluding tert-OH is 1. The Balaban J connectivity index is 0.00000162. The summed E-state index contributed by atoms with van der Waals surface area (Å²) in [5.74, 6) is 1.32. The van der Waals surface area contributed by atoms with Crippen LogP contribution in [-0.2, 0) is 0 Å². The summed E-state index contributed by atoms with van der Waals surface area (Å²) in [5, 5.41) is 16.3. The van der Waals surface area contributed by atoms with Gasteiger partial charge in [0.1, 0.15) is 11.9 Å². The minimum Gasteiger partial charge on any atom is -0.467 e. The van der Waals surface area contributed by atoms with E-state index in [1.54, 1.807) is 18.4 Å². The Kier molecular flexibility index (Phi) is 6.48. The van der Waals surface area contributed by atoms with Crippen LogP contribution in [0.15, 0.2) is 27.8 Å². The maximum atomic E-state index is 9.82. The lowest BCUT2D eigenvalue weighted by Gasteiger charge is -2.11. The molecule has 1 aromatic rings. The molecule has 3 N–H and O–H groups in total. The first-order valence-electron chi connectivity index (χ1n) is 6.06. The maximum absolute atomic E-state index is 9.82. The molecule has 1 aromatic heterocycles. The Labute approximate surface area is 124 Å². The van der Waals surface area contributed by atoms with Crippen molar-refractivity contribution in [3.05, 3.63) is 24.2 Å². The molecule has 1 atom stereocenters. The largest absolute Gasteiger partial charge is 0.467 e. The summed E-state index contributed by atoms with van der Waals surface area (Å²) >= 11 is 0. The monoisotopic (exact) mass is 365 g/mol. The summed E-state index contributed by atoms with van der Waals surface area (Å²) in [5.41, 5.74) is 0. The third-order valence-corrected chi connectivity index (χ3v) is 2.56. The van der Waals surface area contributed by atoms with Gasteiger partial charge in [-0.2, -0.15) is 0 Å². The summed E-state index contributed by atoms with van der Waals surface area (Å²) in [6.45, 7) is 3.14. The zero-order valence-corrected chi connectivity index (χ0v) is 12.8. The molecule has 0 bridgehead atoms. The first-order chi connectivity index (χ1) is 8.29. The lowest BCUT2D eigenvalue weighted by atomic mass is 10.3. The van der Waals surface area contributed by atoms with Crippen LogP contribution in [0.25, 0.3) is 0 Å². The maximum Gasteiger partial charge on any atom is 0.191 e. The van der Waals surface area contributed by atoms with Crippen molar-refractivity contribution in [3.8, 4) is 0 Å². The molecule has 1 aliphatic carbocycles. The van der Waals surface area contributed by atoms with Gasteiger partial charge in [-0.15, -0.1) is 24.0 Å². The molecular formula is C12H20IN3O2. The van der Waals surface area contributed by atoms with Crippen LogP contribution in [0.2, 0.25) is 0 Å². The van der Waals surface area contributed by atoms with Gasteiger partial charge in [-0.05, 0) is 31.9 Å². The van der Waals surface area contributed by atoms with Crippen LogP contribution in [0.5, 0.6) is 0 Å². The second-order valence-corrected chi connectivity index (χ2v) is 4.17. The van der Waals surface area contributed by atoms with Gasteiger partial charge in [-0.3, -0.25) is 4.99 Å². The van der Waals surface area contributed by atoms with Gasteiger partial charge in [0, 0.05) is 12.6 Å². The van der Waals surface area contributed by atoms with Crippen LogP contribution < -0.4 is 10.6 Å². The van der Waals surface area contributed by atoms with E-state index in [9.17, 15) is 5.11 Å². The topological polar surface area (TPSA) is 69.8 Å². The number of halogens is 1. The second-order valence-electron chi connectivity index (χ2n) is 4.17. The number of guanidine groups is 1. The molecule has 2 rings (SSSR count). The highest BCUT2D eigenvalue weighted by atomic mass is 127. The predicted octanol–water partition coefficient (Wildman–Crippen LogP) is 1.65. The molecular weight excluding hydrogens is 345 g/mol. The molecule has 0 aromatic carbocycles. The Morgan fingerprint density at radius 2 is 2.39 bits per heavy atom. The summed E-state index contributed by atoms with van der Waals surface area (Å²) in [4.78, 5) is 4.33. The molecule has 102 valence electrons. The standard InChI is InChI=1S/C12H19N3O2.HI/c1-2-13-12(15-9-5-6-9)14-8-10(16)11-4-3-7-17-11;/h3-4,7,9-10,16H,2,5-6,8H2,1H3,(H2,13,14,15);1H. The zero-order valence-electron chi connectivity index (χ0n) is 10.4. The lowest BCUT2D eigenvalue weighted by Crippen LogP contribution is -2.38. The minimum absolute atomic E-state index is 0. The predicted molar refractivity (Wildman–Crippen MR) is 81.2 cm³/mol. The van der Waals surface area contributed by atoms with E-state index < -0.39 is 6.10 Å². The highest BCUT2D eigenvalue weighted by Gasteiger charge is 2.22. The lowest BCUT2D eigenvalue weighted by molar-refractivity contribution is 0.158. The van der Waals surface area contributed by atoms with Crippen molar-refractivity contribution < 1.29 is 9.52 Å². The summed E-state index contributed by atoms with van der Waals surface area (Å²) in [6, 6.07) is 4.06. The molecule has 0 radical (unpaired) electrons. The third kappa shape index (κ3) is 4.85. The first-order valence-corrected chi connectivity index (χ1v) is 6.06. The van der Waals surface area contributed by atoms with Gasteiger partial charge in [-0.1, -0.05) is 0 Å². The van der Waals surface area contributed by atoms with Gasteiger partial charge < -0.3 is 20.2 Å². The van der Waals surface area contributed by atoms with Gasteiger partial charge in [0.25, 0.3) is 0 Å². The SMILES string of the molecule is CCNC(=NCC(O)c1ccco1)NC1CC1.I. The number of hydrogen-bond acceptors (Lipinski definition) is 3. The van der Waals surface area contributed by atoms with Gasteiger partial charge >= 0.3 is 0 Å². The van der Waals surface area contributed by atoms with Crippen LogP contribution in [0.4, 0.5) is 0 Å². The van der Waals surface area contributed by atoms with E-state index in [-0.39, 0.29) is 24.0 Å². The molecule has 0 aliphatic heterocycles. The molecule has 0 spiro atoms. The molecule has 1 aliphatic rings. The highest BCUT2D eigenvalue weighted by molar-refractivity contribution is 14.0. The minimum atomic E-state index is -0.681. The Bertz CT molecular complexity index is 363. The van der Waals surface area contributed by atoms with Gasteiger partial charge in [0.05, 0.1) is 12.8 Å². The van der Waals surface area contributed by atoms with Gasteiger partial charge in [0.2, 0.25) is 0 Å². The third-order valence-electron chi connectivity index (χ3n) is 2.56. The number of hydrogen-bond donors (Lipinski definition) is 3. The number of nitrogens with zero attached hydrogens (tertiary/aromatic N) is 1. The van der Waals surface area contributed by atoms with Gasteiger partial charge in [-0.25, -0.2) is 0 Å². The van der Waals surface area contributed by atoms with E-state index >= 15 is 0 Å². The van der Waals surface area contributed by atoms with Crippen molar-refractivity contribution in [3.63, 3.8) is 0 Å². The molecule has 1 heterocycles. The Morgan fingerprint density at radius 3 is 2.94 bits per heavy atom. The second kappa shape index (κ2) is 7.63. The zero-order chi connectivity index (χ0) is 12.1. The summed E-state index contributed by atoms with van der Waals surface area (Å²) in [7, 11) is 0. The number of aliphatic hydroxyl groups is 1. The summed E-state index contributed by atoms with van der Waals surface area (Å²) in [6.07, 6.45) is 3.27. The average molecular weight is 365 g/mol. The van der Waals surface area contributed by atoms with Crippen molar-refractivity contribution in [1.29, 1.82) is 0 Å². The van der Waals surface area contributed by atoms with Crippen LogP contribution in [0.3, 0.4) is 0 Å². The fraction of sp³-hybridized carbons (Fsp3) is 0.583. The van der Waals surface area contributed by atoms with E-state index in [2.05, 4.69) is 15.6 Å². The van der Waals surface area contributed by atoms with Crippen LogP contribution in [0, 0.1) is 0 Å². The van der Waals surface area contributed by atoms with Crippen molar-refractivity contribution in [2.24, 2.45) is 4.99 Å². The van der Waals surface area contributed by atoms with Crippen LogP contribution in [-0.4, -0.2) is 30.2 Å².